The molecule has 0 spiro atoms. The molecule has 3 aromatic rings. The van der Waals surface area contributed by atoms with Gasteiger partial charge in [0.05, 0.1) is 25.3 Å². The fraction of sp³-hybridized carbons (Fsp3) is 0.105. The maximum Gasteiger partial charge on any atom is 0.339 e. The number of hydrogen-bond acceptors (Lipinski definition) is 7. The van der Waals surface area contributed by atoms with E-state index in [1.807, 2.05) is 0 Å². The number of fused-ring (bicyclic) bond motifs is 1. The van der Waals surface area contributed by atoms with E-state index in [4.69, 9.17) is 9.47 Å². The summed E-state index contributed by atoms with van der Waals surface area (Å²) in [5, 5.41) is 20.7. The molecule has 7 nitrogen and oxygen atoms in total. The van der Waals surface area contributed by atoms with Gasteiger partial charge >= 0.3 is 11.9 Å². The van der Waals surface area contributed by atoms with E-state index in [0.29, 0.717) is 21.9 Å². The fourth-order valence-electron chi connectivity index (χ4n) is 2.83. The van der Waals surface area contributed by atoms with Crippen LogP contribution >= 0.6 is 0 Å². The normalized spacial score (nSPS) is 10.5. The van der Waals surface area contributed by atoms with Crippen LogP contribution in [0, 0.1) is 0 Å². The molecule has 2 aromatic carbocycles. The first kappa shape index (κ1) is 17.2. The van der Waals surface area contributed by atoms with Gasteiger partial charge in [0.1, 0.15) is 0 Å². The van der Waals surface area contributed by atoms with Gasteiger partial charge in [-0.25, -0.2) is 9.59 Å². The molecule has 1 heterocycles. The lowest BCUT2D eigenvalue weighted by atomic mass is 9.89. The van der Waals surface area contributed by atoms with Crippen LogP contribution < -0.4 is 0 Å². The molecule has 0 atom stereocenters. The molecule has 132 valence electrons. The van der Waals surface area contributed by atoms with Gasteiger partial charge in [0, 0.05) is 18.0 Å². The number of aromatic nitrogens is 1. The third-order valence-corrected chi connectivity index (χ3v) is 4.00. The highest BCUT2D eigenvalue weighted by Crippen LogP contribution is 2.39. The van der Waals surface area contributed by atoms with E-state index >= 15 is 0 Å². The van der Waals surface area contributed by atoms with Gasteiger partial charge in [-0.2, -0.15) is 0 Å². The monoisotopic (exact) mass is 353 g/mol. The highest BCUT2D eigenvalue weighted by Gasteiger charge is 2.26. The summed E-state index contributed by atoms with van der Waals surface area (Å²) in [4.78, 5) is 28.7. The Bertz CT molecular complexity index is 1010. The lowest BCUT2D eigenvalue weighted by Gasteiger charge is -2.16. The third kappa shape index (κ3) is 2.79. The van der Waals surface area contributed by atoms with Gasteiger partial charge in [-0.05, 0) is 46.7 Å². The second-order valence-corrected chi connectivity index (χ2v) is 5.46. The van der Waals surface area contributed by atoms with Crippen molar-refractivity contribution < 1.29 is 29.3 Å². The van der Waals surface area contributed by atoms with Crippen LogP contribution in [0.3, 0.4) is 0 Å². The van der Waals surface area contributed by atoms with Crippen molar-refractivity contribution in [3.63, 3.8) is 0 Å². The third-order valence-electron chi connectivity index (χ3n) is 4.00. The number of carbonyl (C=O) groups is 2. The molecule has 0 aliphatic rings. The summed E-state index contributed by atoms with van der Waals surface area (Å²) < 4.78 is 9.66. The average Bonchev–Trinajstić information content (AvgIpc) is 2.67. The summed E-state index contributed by atoms with van der Waals surface area (Å²) in [5.41, 5.74) is 0.945. The highest BCUT2D eigenvalue weighted by atomic mass is 16.5. The van der Waals surface area contributed by atoms with Crippen LogP contribution in [0.2, 0.25) is 0 Å². The zero-order valence-corrected chi connectivity index (χ0v) is 14.0. The molecule has 0 saturated carbocycles. The first-order chi connectivity index (χ1) is 12.5. The predicted molar refractivity (Wildman–Crippen MR) is 93.2 cm³/mol. The number of aromatic hydroxyl groups is 2. The van der Waals surface area contributed by atoms with Crippen LogP contribution in [0.25, 0.3) is 21.9 Å². The molecule has 0 bridgehead atoms. The number of esters is 2. The van der Waals surface area contributed by atoms with Gasteiger partial charge in [0.25, 0.3) is 0 Å². The zero-order chi connectivity index (χ0) is 18.8. The molecule has 2 N–H and O–H groups in total. The molecule has 0 aliphatic heterocycles. The summed E-state index contributed by atoms with van der Waals surface area (Å²) in [5.74, 6) is -2.16. The molecule has 0 unspecified atom stereocenters. The maximum absolute atomic E-state index is 12.5. The Morgan fingerprint density at radius 2 is 1.54 bits per heavy atom. The lowest BCUT2D eigenvalue weighted by molar-refractivity contribution is 0.0556. The van der Waals surface area contributed by atoms with Crippen LogP contribution in [0.4, 0.5) is 0 Å². The number of phenolic OH excluding ortho intramolecular Hbond substituents is 2. The SMILES string of the molecule is COC(=O)c1cc2cc(O)c(O)cc2c(-c2ccncc2)c1C(=O)OC. The Hall–Kier alpha value is -3.61. The number of nitrogens with zero attached hydrogens (tertiary/aromatic N) is 1. The largest absolute Gasteiger partial charge is 0.504 e. The van der Waals surface area contributed by atoms with Crippen LogP contribution in [0.5, 0.6) is 11.5 Å². The highest BCUT2D eigenvalue weighted by molar-refractivity contribution is 6.15. The summed E-state index contributed by atoms with van der Waals surface area (Å²) >= 11 is 0. The number of benzene rings is 2. The molecular formula is C19H15NO6. The summed E-state index contributed by atoms with van der Waals surface area (Å²) in [6.07, 6.45) is 3.07. The predicted octanol–water partition coefficient (Wildman–Crippen LogP) is 2.89. The average molecular weight is 353 g/mol. The molecule has 0 fully saturated rings. The number of rotatable bonds is 3. The number of carbonyl (C=O) groups excluding carboxylic acids is 2. The van der Waals surface area contributed by atoms with Crippen molar-refractivity contribution in [3.8, 4) is 22.6 Å². The summed E-state index contributed by atoms with van der Waals surface area (Å²) in [6, 6.07) is 7.37. The Balaban J connectivity index is 2.54. The number of hydrogen-bond donors (Lipinski definition) is 2. The van der Waals surface area contributed by atoms with Crippen molar-refractivity contribution in [3.05, 3.63) is 53.9 Å². The van der Waals surface area contributed by atoms with Gasteiger partial charge in [-0.1, -0.05) is 0 Å². The van der Waals surface area contributed by atoms with Gasteiger partial charge < -0.3 is 19.7 Å². The fourth-order valence-corrected chi connectivity index (χ4v) is 2.83. The molecule has 26 heavy (non-hydrogen) atoms. The maximum atomic E-state index is 12.5. The molecule has 0 aliphatic carbocycles. The first-order valence-corrected chi connectivity index (χ1v) is 7.57. The minimum atomic E-state index is -0.730. The van der Waals surface area contributed by atoms with Crippen LogP contribution in [0.1, 0.15) is 20.7 Å². The molecule has 0 radical (unpaired) electrons. The first-order valence-electron chi connectivity index (χ1n) is 7.57. The summed E-state index contributed by atoms with van der Waals surface area (Å²) in [7, 11) is 2.41. The number of methoxy groups -OCH3 is 2. The Kier molecular flexibility index (Phi) is 4.45. The Labute approximate surface area is 148 Å². The van der Waals surface area contributed by atoms with Crippen molar-refractivity contribution >= 4 is 22.7 Å². The molecular weight excluding hydrogens is 338 g/mol. The molecule has 1 aromatic heterocycles. The molecule has 0 saturated heterocycles. The molecule has 7 heteroatoms. The van der Waals surface area contributed by atoms with Gasteiger partial charge in [0.2, 0.25) is 0 Å². The smallest absolute Gasteiger partial charge is 0.339 e. The second kappa shape index (κ2) is 6.72. The number of ether oxygens (including phenoxy) is 2. The Morgan fingerprint density at radius 3 is 2.15 bits per heavy atom. The standard InChI is InChI=1S/C19H15NO6/c1-25-18(23)13-7-11-8-14(21)15(22)9-12(11)16(17(13)19(24)26-2)10-3-5-20-6-4-10/h3-9,21-22H,1-2H3. The van der Waals surface area contributed by atoms with E-state index < -0.39 is 11.9 Å². The van der Waals surface area contributed by atoms with Crippen molar-refractivity contribution in [2.75, 3.05) is 14.2 Å². The zero-order valence-electron chi connectivity index (χ0n) is 14.0. The van der Waals surface area contributed by atoms with Crippen LogP contribution in [0.15, 0.2) is 42.7 Å². The van der Waals surface area contributed by atoms with Crippen molar-refractivity contribution in [2.24, 2.45) is 0 Å². The molecule has 3 rings (SSSR count). The topological polar surface area (TPSA) is 106 Å². The van der Waals surface area contributed by atoms with Crippen molar-refractivity contribution in [1.82, 2.24) is 4.98 Å². The van der Waals surface area contributed by atoms with Gasteiger partial charge in [0.15, 0.2) is 11.5 Å². The van der Waals surface area contributed by atoms with E-state index in [-0.39, 0.29) is 22.6 Å². The van der Waals surface area contributed by atoms with Gasteiger partial charge in [-0.3, -0.25) is 4.98 Å². The second-order valence-electron chi connectivity index (χ2n) is 5.46. The van der Waals surface area contributed by atoms with E-state index in [2.05, 4.69) is 4.98 Å². The van der Waals surface area contributed by atoms with Crippen molar-refractivity contribution in [2.45, 2.75) is 0 Å². The number of pyridine rings is 1. The van der Waals surface area contributed by atoms with Gasteiger partial charge in [-0.15, -0.1) is 0 Å². The minimum absolute atomic E-state index is 0.00291. The van der Waals surface area contributed by atoms with E-state index in [0.717, 1.165) is 0 Å². The van der Waals surface area contributed by atoms with Crippen LogP contribution in [-0.2, 0) is 9.47 Å². The summed E-state index contributed by atoms with van der Waals surface area (Å²) in [6.45, 7) is 0. The lowest BCUT2D eigenvalue weighted by Crippen LogP contribution is -2.14. The van der Waals surface area contributed by atoms with Crippen molar-refractivity contribution in [1.29, 1.82) is 0 Å². The quantitative estimate of drug-likeness (QED) is 0.551. The van der Waals surface area contributed by atoms with Crippen LogP contribution in [-0.4, -0.2) is 41.4 Å². The van der Waals surface area contributed by atoms with E-state index in [1.54, 1.807) is 12.1 Å². The number of phenols is 2. The molecule has 0 amide bonds. The Morgan fingerprint density at radius 1 is 0.923 bits per heavy atom. The minimum Gasteiger partial charge on any atom is -0.504 e. The van der Waals surface area contributed by atoms with E-state index in [9.17, 15) is 19.8 Å². The van der Waals surface area contributed by atoms with E-state index in [1.165, 1.54) is 44.8 Å².